The molecule has 1 atom stereocenters. The van der Waals surface area contributed by atoms with Crippen LogP contribution in [0, 0.1) is 0 Å². The van der Waals surface area contributed by atoms with Gasteiger partial charge in [-0.15, -0.1) is 0 Å². The van der Waals surface area contributed by atoms with Gasteiger partial charge in [0.1, 0.15) is 5.75 Å². The average Bonchev–Trinajstić information content (AvgIpc) is 2.46. The highest BCUT2D eigenvalue weighted by atomic mass is 28.3. The van der Waals surface area contributed by atoms with Gasteiger partial charge in [0.15, 0.2) is 0 Å². The number of rotatable bonds is 4. The summed E-state index contributed by atoms with van der Waals surface area (Å²) in [5.74, 6) is 1.05. The molecule has 1 aliphatic rings. The van der Waals surface area contributed by atoms with Crippen molar-refractivity contribution in [2.24, 2.45) is 0 Å². The van der Waals surface area contributed by atoms with Crippen LogP contribution in [0.1, 0.15) is 18.5 Å². The van der Waals surface area contributed by atoms with Gasteiger partial charge in [-0.1, -0.05) is 31.8 Å². The van der Waals surface area contributed by atoms with E-state index in [1.807, 2.05) is 17.0 Å². The summed E-state index contributed by atoms with van der Waals surface area (Å²) in [5, 5.41) is 0. The highest BCUT2D eigenvalue weighted by Crippen LogP contribution is 2.28. The maximum atomic E-state index is 11.8. The van der Waals surface area contributed by atoms with E-state index in [0.29, 0.717) is 0 Å². The molecule has 1 fully saturated rings. The van der Waals surface area contributed by atoms with E-state index in [9.17, 15) is 4.79 Å². The Bertz CT molecular complexity index is 510. The molecule has 1 saturated heterocycles. The van der Waals surface area contributed by atoms with E-state index < -0.39 is 8.07 Å². The predicted octanol–water partition coefficient (Wildman–Crippen LogP) is 2.78. The maximum Gasteiger partial charge on any atom is 0.219 e. The SMILES string of the molecule is COc1ccc(C2CN(C(C)=O)CCN2C[Si](C)(C)C)cc1. The fraction of sp³-hybridized carbons (Fsp3) is 0.588. The molecule has 1 aromatic carbocycles. The van der Waals surface area contributed by atoms with Crippen LogP contribution in [0.25, 0.3) is 0 Å². The number of hydrogen-bond acceptors (Lipinski definition) is 3. The number of ether oxygens (including phenoxy) is 1. The summed E-state index contributed by atoms with van der Waals surface area (Å²) >= 11 is 0. The average molecular weight is 321 g/mol. The minimum Gasteiger partial charge on any atom is -0.497 e. The van der Waals surface area contributed by atoms with Crippen LogP contribution in [0.5, 0.6) is 5.75 Å². The van der Waals surface area contributed by atoms with Crippen molar-refractivity contribution in [3.63, 3.8) is 0 Å². The standard InChI is InChI=1S/C17H28N2O2Si/c1-14(20)18-10-11-19(13-22(3,4)5)17(12-18)15-6-8-16(21-2)9-7-15/h6-9,17H,10-13H2,1-5H3. The van der Waals surface area contributed by atoms with E-state index in [4.69, 9.17) is 4.74 Å². The van der Waals surface area contributed by atoms with Crippen molar-refractivity contribution in [1.29, 1.82) is 0 Å². The lowest BCUT2D eigenvalue weighted by molar-refractivity contribution is -0.131. The highest BCUT2D eigenvalue weighted by molar-refractivity contribution is 6.76. The van der Waals surface area contributed by atoms with Crippen LogP contribution in [0.15, 0.2) is 24.3 Å². The topological polar surface area (TPSA) is 32.8 Å². The number of amides is 1. The maximum absolute atomic E-state index is 11.8. The first kappa shape index (κ1) is 17.0. The summed E-state index contributed by atoms with van der Waals surface area (Å²) in [6.45, 7) is 11.4. The number of hydrogen-bond donors (Lipinski definition) is 0. The van der Waals surface area contributed by atoms with Gasteiger partial charge in [0, 0.05) is 26.6 Å². The Balaban J connectivity index is 2.23. The predicted molar refractivity (Wildman–Crippen MR) is 92.9 cm³/mol. The molecule has 0 radical (unpaired) electrons. The van der Waals surface area contributed by atoms with Gasteiger partial charge in [-0.25, -0.2) is 0 Å². The van der Waals surface area contributed by atoms with E-state index in [1.165, 1.54) is 5.56 Å². The molecule has 1 aromatic rings. The zero-order chi connectivity index (χ0) is 16.3. The quantitative estimate of drug-likeness (QED) is 0.800. The molecule has 0 aromatic heterocycles. The lowest BCUT2D eigenvalue weighted by Crippen LogP contribution is -2.53. The van der Waals surface area contributed by atoms with Crippen molar-refractivity contribution in [3.05, 3.63) is 29.8 Å². The second-order valence-electron chi connectivity index (χ2n) is 7.29. The molecule has 5 heteroatoms. The van der Waals surface area contributed by atoms with Gasteiger partial charge < -0.3 is 9.64 Å². The van der Waals surface area contributed by atoms with Gasteiger partial charge in [0.05, 0.1) is 21.2 Å². The molecule has 4 nitrogen and oxygen atoms in total. The molecular formula is C17H28N2O2Si. The first-order chi connectivity index (χ1) is 10.3. The highest BCUT2D eigenvalue weighted by Gasteiger charge is 2.32. The zero-order valence-electron chi connectivity index (χ0n) is 14.4. The summed E-state index contributed by atoms with van der Waals surface area (Å²) in [7, 11) is 0.497. The molecule has 0 aliphatic carbocycles. The monoisotopic (exact) mass is 320 g/mol. The molecule has 0 N–H and O–H groups in total. The number of carbonyl (C=O) groups excluding carboxylic acids is 1. The minimum atomic E-state index is -1.19. The summed E-state index contributed by atoms with van der Waals surface area (Å²) in [6.07, 6.45) is 1.16. The van der Waals surface area contributed by atoms with Crippen LogP contribution in [-0.4, -0.2) is 56.7 Å². The summed E-state index contributed by atoms with van der Waals surface area (Å²) in [5.41, 5.74) is 1.27. The summed E-state index contributed by atoms with van der Waals surface area (Å²) in [4.78, 5) is 16.3. The Morgan fingerprint density at radius 2 is 1.86 bits per heavy atom. The third-order valence-corrected chi connectivity index (χ3v) is 5.47. The molecule has 0 saturated carbocycles. The summed E-state index contributed by atoms with van der Waals surface area (Å²) in [6, 6.07) is 8.56. The van der Waals surface area contributed by atoms with Crippen molar-refractivity contribution < 1.29 is 9.53 Å². The number of piperazine rings is 1. The Kier molecular flexibility index (Phi) is 5.29. The van der Waals surface area contributed by atoms with Crippen LogP contribution in [-0.2, 0) is 4.79 Å². The number of methoxy groups -OCH3 is 1. The van der Waals surface area contributed by atoms with Crippen molar-refractivity contribution in [2.75, 3.05) is 32.9 Å². The lowest BCUT2D eigenvalue weighted by atomic mass is 10.0. The van der Waals surface area contributed by atoms with E-state index in [2.05, 4.69) is 36.7 Å². The van der Waals surface area contributed by atoms with Crippen molar-refractivity contribution in [3.8, 4) is 5.75 Å². The van der Waals surface area contributed by atoms with E-state index in [0.717, 1.165) is 31.6 Å². The first-order valence-electron chi connectivity index (χ1n) is 7.94. The van der Waals surface area contributed by atoms with Gasteiger partial charge >= 0.3 is 0 Å². The second-order valence-corrected chi connectivity index (χ2v) is 12.7. The third-order valence-electron chi connectivity index (χ3n) is 4.11. The van der Waals surface area contributed by atoms with E-state index in [1.54, 1.807) is 14.0 Å². The number of carbonyl (C=O) groups is 1. The molecule has 1 unspecified atom stereocenters. The van der Waals surface area contributed by atoms with Gasteiger partial charge in [-0.3, -0.25) is 9.69 Å². The van der Waals surface area contributed by atoms with Crippen LogP contribution >= 0.6 is 0 Å². The van der Waals surface area contributed by atoms with Gasteiger partial charge in [-0.05, 0) is 23.9 Å². The molecule has 1 aliphatic heterocycles. The molecule has 22 heavy (non-hydrogen) atoms. The minimum absolute atomic E-state index is 0.172. The van der Waals surface area contributed by atoms with Crippen molar-refractivity contribution in [2.45, 2.75) is 32.6 Å². The molecule has 1 heterocycles. The van der Waals surface area contributed by atoms with Gasteiger partial charge in [-0.2, -0.15) is 0 Å². The Labute approximate surface area is 135 Å². The summed E-state index contributed by atoms with van der Waals surface area (Å²) < 4.78 is 5.25. The first-order valence-corrected chi connectivity index (χ1v) is 11.6. The van der Waals surface area contributed by atoms with E-state index in [-0.39, 0.29) is 11.9 Å². The van der Waals surface area contributed by atoms with Crippen molar-refractivity contribution >= 4 is 14.0 Å². The fourth-order valence-electron chi connectivity index (χ4n) is 3.05. The molecule has 0 bridgehead atoms. The Morgan fingerprint density at radius 3 is 2.36 bits per heavy atom. The van der Waals surface area contributed by atoms with Crippen molar-refractivity contribution in [1.82, 2.24) is 9.80 Å². The molecule has 2 rings (SSSR count). The van der Waals surface area contributed by atoms with Gasteiger partial charge in [0.2, 0.25) is 5.91 Å². The van der Waals surface area contributed by atoms with Crippen LogP contribution in [0.2, 0.25) is 19.6 Å². The molecule has 1 amide bonds. The molecular weight excluding hydrogens is 292 g/mol. The number of benzene rings is 1. The second kappa shape index (κ2) is 6.83. The Hall–Kier alpha value is -1.33. The largest absolute Gasteiger partial charge is 0.497 e. The smallest absolute Gasteiger partial charge is 0.219 e. The normalized spacial score (nSPS) is 20.0. The fourth-order valence-corrected chi connectivity index (χ4v) is 4.64. The van der Waals surface area contributed by atoms with Crippen LogP contribution < -0.4 is 4.74 Å². The lowest BCUT2D eigenvalue weighted by Gasteiger charge is -2.43. The zero-order valence-corrected chi connectivity index (χ0v) is 15.4. The van der Waals surface area contributed by atoms with Gasteiger partial charge in [0.25, 0.3) is 0 Å². The third kappa shape index (κ3) is 4.33. The molecule has 122 valence electrons. The Morgan fingerprint density at radius 1 is 1.23 bits per heavy atom. The van der Waals surface area contributed by atoms with Crippen LogP contribution in [0.3, 0.4) is 0 Å². The van der Waals surface area contributed by atoms with Crippen LogP contribution in [0.4, 0.5) is 0 Å². The molecule has 0 spiro atoms. The number of nitrogens with zero attached hydrogens (tertiary/aromatic N) is 2. The van der Waals surface area contributed by atoms with E-state index >= 15 is 0 Å².